The fourth-order valence-corrected chi connectivity index (χ4v) is 4.56. The Morgan fingerprint density at radius 1 is 1.50 bits per heavy atom. The molecule has 0 aliphatic carbocycles. The maximum Gasteiger partial charge on any atom is 0.265 e. The van der Waals surface area contributed by atoms with Crippen molar-refractivity contribution < 1.29 is 13.0 Å². The van der Waals surface area contributed by atoms with Crippen molar-refractivity contribution in [1.29, 1.82) is 0 Å². The van der Waals surface area contributed by atoms with Gasteiger partial charge in [0.1, 0.15) is 0 Å². The van der Waals surface area contributed by atoms with Gasteiger partial charge in [0.2, 0.25) is 0 Å². The lowest BCUT2D eigenvalue weighted by molar-refractivity contribution is 0.245. The van der Waals surface area contributed by atoms with Gasteiger partial charge in [0.05, 0.1) is 5.75 Å². The monoisotopic (exact) mass is 238 g/mol. The standard InChI is InChI=1S/C9H18O3S2/c1-9(2,7-14(10,11)12)8-4-3-5-13-6-8/h8H,3-7H2,1-2H3,(H,10,11,12). The van der Waals surface area contributed by atoms with E-state index in [1.54, 1.807) is 0 Å². The van der Waals surface area contributed by atoms with Crippen molar-refractivity contribution in [2.24, 2.45) is 11.3 Å². The summed E-state index contributed by atoms with van der Waals surface area (Å²) in [5, 5.41) is 0. The maximum absolute atomic E-state index is 10.8. The molecule has 3 nitrogen and oxygen atoms in total. The summed E-state index contributed by atoms with van der Waals surface area (Å²) in [4.78, 5) is 0. The average molecular weight is 238 g/mol. The van der Waals surface area contributed by atoms with Crippen molar-refractivity contribution in [2.75, 3.05) is 17.3 Å². The molecular formula is C9H18O3S2. The van der Waals surface area contributed by atoms with Crippen LogP contribution in [0.5, 0.6) is 0 Å². The molecule has 5 heteroatoms. The highest BCUT2D eigenvalue weighted by Crippen LogP contribution is 2.37. The lowest BCUT2D eigenvalue weighted by Crippen LogP contribution is -2.34. The first-order valence-corrected chi connectivity index (χ1v) is 7.60. The minimum absolute atomic E-state index is 0.120. The topological polar surface area (TPSA) is 54.4 Å². The molecule has 0 aromatic rings. The van der Waals surface area contributed by atoms with Crippen LogP contribution in [-0.2, 0) is 10.1 Å². The summed E-state index contributed by atoms with van der Waals surface area (Å²) in [6.45, 7) is 3.86. The van der Waals surface area contributed by atoms with Crippen LogP contribution in [0.25, 0.3) is 0 Å². The van der Waals surface area contributed by atoms with Gasteiger partial charge in [0.15, 0.2) is 0 Å². The Bertz CT molecular complexity index is 276. The van der Waals surface area contributed by atoms with Gasteiger partial charge in [-0.3, -0.25) is 4.55 Å². The van der Waals surface area contributed by atoms with Crippen LogP contribution in [0, 0.1) is 11.3 Å². The Kier molecular flexibility index (Phi) is 3.88. The van der Waals surface area contributed by atoms with Gasteiger partial charge in [0, 0.05) is 0 Å². The summed E-state index contributed by atoms with van der Waals surface area (Å²) in [5.41, 5.74) is -0.305. The van der Waals surface area contributed by atoms with E-state index in [1.165, 1.54) is 5.75 Å². The lowest BCUT2D eigenvalue weighted by atomic mass is 9.79. The van der Waals surface area contributed by atoms with Crippen LogP contribution < -0.4 is 0 Å². The van der Waals surface area contributed by atoms with Gasteiger partial charge < -0.3 is 0 Å². The molecule has 1 saturated heterocycles. The number of hydrogen-bond acceptors (Lipinski definition) is 3. The van der Waals surface area contributed by atoms with Crippen molar-refractivity contribution >= 4 is 21.9 Å². The van der Waals surface area contributed by atoms with E-state index in [0.717, 1.165) is 18.6 Å². The van der Waals surface area contributed by atoms with E-state index in [0.29, 0.717) is 5.92 Å². The van der Waals surface area contributed by atoms with E-state index in [-0.39, 0.29) is 11.2 Å². The SMILES string of the molecule is CC(C)(CS(=O)(=O)O)C1CCCSC1. The Morgan fingerprint density at radius 2 is 2.14 bits per heavy atom. The highest BCUT2D eigenvalue weighted by molar-refractivity contribution is 7.99. The third-order valence-corrected chi connectivity index (χ3v) is 5.14. The smallest absolute Gasteiger partial charge is 0.265 e. The quantitative estimate of drug-likeness (QED) is 0.765. The predicted molar refractivity (Wildman–Crippen MR) is 60.2 cm³/mol. The van der Waals surface area contributed by atoms with Crippen molar-refractivity contribution in [3.8, 4) is 0 Å². The van der Waals surface area contributed by atoms with Crippen molar-refractivity contribution in [1.82, 2.24) is 0 Å². The highest BCUT2D eigenvalue weighted by atomic mass is 32.2. The van der Waals surface area contributed by atoms with Gasteiger partial charge in [-0.15, -0.1) is 0 Å². The molecule has 0 aromatic carbocycles. The van der Waals surface area contributed by atoms with Crippen molar-refractivity contribution in [3.05, 3.63) is 0 Å². The number of thioether (sulfide) groups is 1. The zero-order valence-corrected chi connectivity index (χ0v) is 10.3. The van der Waals surface area contributed by atoms with Crippen molar-refractivity contribution in [3.63, 3.8) is 0 Å². The molecule has 0 aromatic heterocycles. The highest BCUT2D eigenvalue weighted by Gasteiger charge is 2.34. The summed E-state index contributed by atoms with van der Waals surface area (Å²) in [6.07, 6.45) is 2.24. The Morgan fingerprint density at radius 3 is 2.57 bits per heavy atom. The van der Waals surface area contributed by atoms with Crippen molar-refractivity contribution in [2.45, 2.75) is 26.7 Å². The molecule has 1 unspecified atom stereocenters. The average Bonchev–Trinajstić information content (AvgIpc) is 2.01. The van der Waals surface area contributed by atoms with Crippen LogP contribution >= 0.6 is 11.8 Å². The first kappa shape index (κ1) is 12.3. The number of hydrogen-bond donors (Lipinski definition) is 1. The molecule has 0 amide bonds. The zero-order valence-electron chi connectivity index (χ0n) is 8.69. The molecule has 1 atom stereocenters. The second kappa shape index (κ2) is 4.41. The molecular weight excluding hydrogens is 220 g/mol. The first-order valence-electron chi connectivity index (χ1n) is 4.84. The van der Waals surface area contributed by atoms with Crippen LogP contribution in [0.4, 0.5) is 0 Å². The van der Waals surface area contributed by atoms with Gasteiger partial charge in [-0.1, -0.05) is 13.8 Å². The van der Waals surface area contributed by atoms with Gasteiger partial charge >= 0.3 is 0 Å². The molecule has 0 saturated carbocycles. The third kappa shape index (κ3) is 3.79. The van der Waals surface area contributed by atoms with E-state index >= 15 is 0 Å². The van der Waals surface area contributed by atoms with E-state index in [1.807, 2.05) is 25.6 Å². The second-order valence-electron chi connectivity index (χ2n) is 4.63. The lowest BCUT2D eigenvalue weighted by Gasteiger charge is -2.35. The summed E-state index contributed by atoms with van der Waals surface area (Å²) in [7, 11) is -3.84. The van der Waals surface area contributed by atoms with Gasteiger partial charge in [-0.05, 0) is 35.7 Å². The second-order valence-corrected chi connectivity index (χ2v) is 7.23. The molecule has 1 heterocycles. The van der Waals surface area contributed by atoms with E-state index in [4.69, 9.17) is 4.55 Å². The molecule has 1 rings (SSSR count). The largest absolute Gasteiger partial charge is 0.286 e. The van der Waals surface area contributed by atoms with Crippen LogP contribution in [-0.4, -0.2) is 30.2 Å². The Hall–Kier alpha value is 0.260. The normalized spacial score (nSPS) is 24.9. The molecule has 84 valence electrons. The fraction of sp³-hybridized carbons (Fsp3) is 1.00. The van der Waals surface area contributed by atoms with Gasteiger partial charge in [0.25, 0.3) is 10.1 Å². The van der Waals surface area contributed by atoms with Gasteiger partial charge in [-0.25, -0.2) is 0 Å². The van der Waals surface area contributed by atoms with Crippen LogP contribution in [0.15, 0.2) is 0 Å². The Labute approximate surface area is 90.4 Å². The van der Waals surface area contributed by atoms with E-state index in [2.05, 4.69) is 0 Å². The van der Waals surface area contributed by atoms with Crippen LogP contribution in [0.3, 0.4) is 0 Å². The zero-order chi connectivity index (χ0) is 10.8. The minimum atomic E-state index is -3.84. The predicted octanol–water partition coefficient (Wildman–Crippen LogP) is 2.04. The van der Waals surface area contributed by atoms with Crippen LogP contribution in [0.2, 0.25) is 0 Å². The fourth-order valence-electron chi connectivity index (χ4n) is 1.95. The molecule has 0 spiro atoms. The van der Waals surface area contributed by atoms with Crippen LogP contribution in [0.1, 0.15) is 26.7 Å². The maximum atomic E-state index is 10.8. The Balaban J connectivity index is 2.63. The summed E-state index contributed by atoms with van der Waals surface area (Å²) in [6, 6.07) is 0. The molecule has 1 aliphatic heterocycles. The van der Waals surface area contributed by atoms with Gasteiger partial charge in [-0.2, -0.15) is 20.2 Å². The van der Waals surface area contributed by atoms with E-state index in [9.17, 15) is 8.42 Å². The molecule has 1 N–H and O–H groups in total. The summed E-state index contributed by atoms with van der Waals surface area (Å²) >= 11 is 1.88. The number of rotatable bonds is 3. The van der Waals surface area contributed by atoms with E-state index < -0.39 is 10.1 Å². The third-order valence-electron chi connectivity index (χ3n) is 2.82. The minimum Gasteiger partial charge on any atom is -0.286 e. The molecule has 1 fully saturated rings. The molecule has 14 heavy (non-hydrogen) atoms. The molecule has 0 bridgehead atoms. The first-order chi connectivity index (χ1) is 6.31. The summed E-state index contributed by atoms with van der Waals surface area (Å²) in [5.74, 6) is 2.48. The summed E-state index contributed by atoms with van der Waals surface area (Å²) < 4.78 is 30.5. The molecule has 1 aliphatic rings. The molecule has 0 radical (unpaired) electrons.